The Hall–Kier alpha value is -1.06. The van der Waals surface area contributed by atoms with Crippen LogP contribution < -0.4 is 15.8 Å². The summed E-state index contributed by atoms with van der Waals surface area (Å²) in [5.41, 5.74) is 8.16. The van der Waals surface area contributed by atoms with E-state index in [1.807, 2.05) is 13.1 Å². The number of hydrogen-bond acceptors (Lipinski definition) is 3. The fourth-order valence-electron chi connectivity index (χ4n) is 1.50. The van der Waals surface area contributed by atoms with Gasteiger partial charge in [-0.3, -0.25) is 0 Å². The zero-order valence-electron chi connectivity index (χ0n) is 9.87. The first-order chi connectivity index (χ1) is 7.10. The largest absolute Gasteiger partial charge is 0.496 e. The third-order valence-corrected chi connectivity index (χ3v) is 2.57. The molecule has 3 nitrogen and oxygen atoms in total. The quantitative estimate of drug-likeness (QED) is 0.744. The minimum atomic E-state index is -0.179. The van der Waals surface area contributed by atoms with Gasteiger partial charge in [0.05, 0.1) is 13.3 Å². The molecule has 0 saturated carbocycles. The van der Waals surface area contributed by atoms with Crippen LogP contribution in [0.2, 0.25) is 0 Å². The highest BCUT2D eigenvalue weighted by Gasteiger charge is 2.11. The zero-order valence-corrected chi connectivity index (χ0v) is 9.87. The van der Waals surface area contributed by atoms with E-state index in [9.17, 15) is 0 Å². The number of rotatable bonds is 4. The molecule has 0 heterocycles. The predicted octanol–water partition coefficient (Wildman–Crippen LogP) is 2.00. The van der Waals surface area contributed by atoms with Crippen LogP contribution >= 0.6 is 0 Å². The lowest BCUT2D eigenvalue weighted by molar-refractivity contribution is 0.401. The zero-order chi connectivity index (χ0) is 11.4. The van der Waals surface area contributed by atoms with Gasteiger partial charge in [-0.05, 0) is 24.6 Å². The fraction of sp³-hybridized carbons (Fsp3) is 0.500. The summed E-state index contributed by atoms with van der Waals surface area (Å²) in [5, 5.41) is 3.00. The molecular formula is C12H20N2O. The standard InChI is InChI=1S/C12H20N2O/c1-8(2)9-5-6-10(12(13)14-3)11(7-9)15-4/h5-8,12,14H,13H2,1-4H3. The van der Waals surface area contributed by atoms with Crippen molar-refractivity contribution >= 4 is 0 Å². The van der Waals surface area contributed by atoms with Gasteiger partial charge in [0.1, 0.15) is 5.75 Å². The van der Waals surface area contributed by atoms with Gasteiger partial charge in [0.25, 0.3) is 0 Å². The Morgan fingerprint density at radius 3 is 2.47 bits per heavy atom. The first kappa shape index (κ1) is 12.0. The maximum Gasteiger partial charge on any atom is 0.125 e. The molecule has 0 saturated heterocycles. The summed E-state index contributed by atoms with van der Waals surface area (Å²) in [5.74, 6) is 1.35. The molecule has 1 aromatic rings. The normalized spacial score (nSPS) is 12.9. The van der Waals surface area contributed by atoms with Gasteiger partial charge >= 0.3 is 0 Å². The molecule has 3 N–H and O–H groups in total. The lowest BCUT2D eigenvalue weighted by atomic mass is 10.00. The highest BCUT2D eigenvalue weighted by molar-refractivity contribution is 5.40. The summed E-state index contributed by atoms with van der Waals surface area (Å²) in [6.45, 7) is 4.32. The minimum absolute atomic E-state index is 0.179. The number of hydrogen-bond donors (Lipinski definition) is 2. The van der Waals surface area contributed by atoms with Crippen molar-refractivity contribution in [2.75, 3.05) is 14.2 Å². The van der Waals surface area contributed by atoms with E-state index in [1.165, 1.54) is 5.56 Å². The van der Waals surface area contributed by atoms with Crippen LogP contribution in [0.15, 0.2) is 18.2 Å². The molecule has 0 aliphatic heterocycles. The van der Waals surface area contributed by atoms with E-state index < -0.39 is 0 Å². The van der Waals surface area contributed by atoms with Gasteiger partial charge in [0.15, 0.2) is 0 Å². The van der Waals surface area contributed by atoms with Crippen molar-refractivity contribution in [1.82, 2.24) is 5.32 Å². The van der Waals surface area contributed by atoms with Crippen LogP contribution in [0.3, 0.4) is 0 Å². The van der Waals surface area contributed by atoms with Gasteiger partial charge in [-0.1, -0.05) is 26.0 Å². The number of methoxy groups -OCH3 is 1. The van der Waals surface area contributed by atoms with Crippen molar-refractivity contribution in [3.8, 4) is 5.75 Å². The Morgan fingerprint density at radius 1 is 1.33 bits per heavy atom. The summed E-state index contributed by atoms with van der Waals surface area (Å²) < 4.78 is 5.34. The minimum Gasteiger partial charge on any atom is -0.496 e. The monoisotopic (exact) mass is 208 g/mol. The first-order valence-corrected chi connectivity index (χ1v) is 5.20. The molecule has 1 atom stereocenters. The van der Waals surface area contributed by atoms with Crippen LogP contribution in [0.1, 0.15) is 37.1 Å². The molecule has 0 bridgehead atoms. The van der Waals surface area contributed by atoms with Gasteiger partial charge in [-0.2, -0.15) is 0 Å². The van der Waals surface area contributed by atoms with Gasteiger partial charge in [-0.15, -0.1) is 0 Å². The highest BCUT2D eigenvalue weighted by atomic mass is 16.5. The van der Waals surface area contributed by atoms with E-state index >= 15 is 0 Å². The molecule has 1 unspecified atom stereocenters. The first-order valence-electron chi connectivity index (χ1n) is 5.20. The molecule has 0 aromatic heterocycles. The third kappa shape index (κ3) is 2.70. The fourth-order valence-corrected chi connectivity index (χ4v) is 1.50. The second-order valence-electron chi connectivity index (χ2n) is 3.92. The molecule has 0 amide bonds. The number of ether oxygens (including phenoxy) is 1. The highest BCUT2D eigenvalue weighted by Crippen LogP contribution is 2.27. The van der Waals surface area contributed by atoms with Crippen molar-refractivity contribution in [2.24, 2.45) is 5.73 Å². The van der Waals surface area contributed by atoms with Crippen molar-refractivity contribution in [2.45, 2.75) is 25.9 Å². The molecule has 84 valence electrons. The molecular weight excluding hydrogens is 188 g/mol. The van der Waals surface area contributed by atoms with Gasteiger partial charge < -0.3 is 15.8 Å². The van der Waals surface area contributed by atoms with Crippen LogP contribution in [0.25, 0.3) is 0 Å². The SMILES string of the molecule is CNC(N)c1ccc(C(C)C)cc1OC. The van der Waals surface area contributed by atoms with E-state index in [0.717, 1.165) is 11.3 Å². The van der Waals surface area contributed by atoms with Gasteiger partial charge in [-0.25, -0.2) is 0 Å². The van der Waals surface area contributed by atoms with E-state index in [2.05, 4.69) is 31.3 Å². The lowest BCUT2D eigenvalue weighted by Gasteiger charge is -2.17. The van der Waals surface area contributed by atoms with Crippen molar-refractivity contribution < 1.29 is 4.74 Å². The Labute approximate surface area is 91.6 Å². The Morgan fingerprint density at radius 2 is 2.00 bits per heavy atom. The van der Waals surface area contributed by atoms with Crippen LogP contribution in [-0.2, 0) is 0 Å². The van der Waals surface area contributed by atoms with E-state index in [-0.39, 0.29) is 6.17 Å². The smallest absolute Gasteiger partial charge is 0.125 e. The maximum atomic E-state index is 5.91. The van der Waals surface area contributed by atoms with E-state index in [4.69, 9.17) is 10.5 Å². The summed E-state index contributed by atoms with van der Waals surface area (Å²) in [4.78, 5) is 0. The number of nitrogens with two attached hydrogens (primary N) is 1. The van der Waals surface area contributed by atoms with E-state index in [0.29, 0.717) is 5.92 Å². The van der Waals surface area contributed by atoms with Gasteiger partial charge in [0.2, 0.25) is 0 Å². The second-order valence-corrected chi connectivity index (χ2v) is 3.92. The summed E-state index contributed by atoms with van der Waals surface area (Å²) >= 11 is 0. The molecule has 15 heavy (non-hydrogen) atoms. The molecule has 0 aliphatic rings. The number of benzene rings is 1. The molecule has 0 spiro atoms. The van der Waals surface area contributed by atoms with Crippen LogP contribution in [0.5, 0.6) is 5.75 Å². The molecule has 3 heteroatoms. The summed E-state index contributed by atoms with van der Waals surface area (Å²) in [6.07, 6.45) is -0.179. The topological polar surface area (TPSA) is 47.3 Å². The van der Waals surface area contributed by atoms with Crippen LogP contribution in [-0.4, -0.2) is 14.2 Å². The molecule has 1 aromatic carbocycles. The average molecular weight is 208 g/mol. The summed E-state index contributed by atoms with van der Waals surface area (Å²) in [6, 6.07) is 6.17. The Balaban J connectivity index is 3.09. The third-order valence-electron chi connectivity index (χ3n) is 2.57. The van der Waals surface area contributed by atoms with Crippen molar-refractivity contribution in [3.05, 3.63) is 29.3 Å². The Bertz CT molecular complexity index is 323. The van der Waals surface area contributed by atoms with Crippen molar-refractivity contribution in [3.63, 3.8) is 0 Å². The maximum absolute atomic E-state index is 5.91. The van der Waals surface area contributed by atoms with Crippen molar-refractivity contribution in [1.29, 1.82) is 0 Å². The second kappa shape index (κ2) is 5.14. The van der Waals surface area contributed by atoms with E-state index in [1.54, 1.807) is 7.11 Å². The van der Waals surface area contributed by atoms with Crippen LogP contribution in [0, 0.1) is 0 Å². The average Bonchev–Trinajstić information content (AvgIpc) is 2.27. The number of nitrogens with one attached hydrogen (secondary N) is 1. The van der Waals surface area contributed by atoms with Crippen LogP contribution in [0.4, 0.5) is 0 Å². The molecule has 0 aliphatic carbocycles. The Kier molecular flexibility index (Phi) is 4.12. The molecule has 1 rings (SSSR count). The predicted molar refractivity (Wildman–Crippen MR) is 63.1 cm³/mol. The molecule has 0 radical (unpaired) electrons. The van der Waals surface area contributed by atoms with Gasteiger partial charge in [0, 0.05) is 5.56 Å². The summed E-state index contributed by atoms with van der Waals surface area (Å²) in [7, 11) is 3.51. The molecule has 0 fully saturated rings. The lowest BCUT2D eigenvalue weighted by Crippen LogP contribution is -2.25.